The third-order valence-electron chi connectivity index (χ3n) is 6.76. The van der Waals surface area contributed by atoms with E-state index in [4.69, 9.17) is 53.2 Å². The summed E-state index contributed by atoms with van der Waals surface area (Å²) in [5.74, 6) is -0.396. The number of anilines is 1. The number of phosphoric acid groups is 2. The summed E-state index contributed by atoms with van der Waals surface area (Å²) >= 11 is 0. The molecule has 0 bridgehead atoms. The molecule has 1 aromatic heterocycles. The Kier molecular flexibility index (Phi) is 18.9. The van der Waals surface area contributed by atoms with Crippen molar-refractivity contribution in [3.8, 4) is 6.07 Å². The molecule has 0 saturated carbocycles. The van der Waals surface area contributed by atoms with Gasteiger partial charge in [-0.05, 0) is 60.5 Å². The second-order valence-electron chi connectivity index (χ2n) is 13.8. The van der Waals surface area contributed by atoms with Gasteiger partial charge in [0.2, 0.25) is 6.54 Å². The van der Waals surface area contributed by atoms with Crippen LogP contribution in [0.15, 0.2) is 17.1 Å². The SMILES string of the molecule is [C-]#[N+]CCOP(=O)(OCCCC)OC[C@H]1O[C@@H](n2ccc(N(C(=O)OC(C)(C)C)C(=O)OC(C)(C)C)nc2=O)C[C@@H]1OP(=O)(OCCC#N)OCCCC. The number of aromatic nitrogens is 2. The molecule has 0 spiro atoms. The number of unbranched alkanes of at least 4 members (excludes halogenated alkanes) is 2. The maximum Gasteiger partial charge on any atom is 0.475 e. The molecule has 0 aliphatic carbocycles. The Hall–Kier alpha value is -3.22. The summed E-state index contributed by atoms with van der Waals surface area (Å²) in [5, 5.41) is 9.01. The number of nitrogens with zero attached hydrogens (tertiary/aromatic N) is 5. The molecule has 0 radical (unpaired) electrons. The monoisotopic (exact) mass is 805 g/mol. The van der Waals surface area contributed by atoms with E-state index < -0.39 is 75.6 Å². The van der Waals surface area contributed by atoms with E-state index in [0.29, 0.717) is 24.2 Å². The number of amides is 2. The van der Waals surface area contributed by atoms with Crippen LogP contribution in [0.25, 0.3) is 4.85 Å². The zero-order valence-electron chi connectivity index (χ0n) is 32.2. The Morgan fingerprint density at radius 1 is 0.963 bits per heavy atom. The molecular formula is C33H53N5O14P2. The lowest BCUT2D eigenvalue weighted by Gasteiger charge is -2.28. The van der Waals surface area contributed by atoms with E-state index in [1.54, 1.807) is 41.5 Å². The third kappa shape index (κ3) is 16.3. The minimum atomic E-state index is -4.34. The molecule has 1 aromatic rings. The van der Waals surface area contributed by atoms with Crippen LogP contribution in [-0.2, 0) is 50.5 Å². The fourth-order valence-electron chi connectivity index (χ4n) is 4.34. The van der Waals surface area contributed by atoms with Crippen LogP contribution in [0, 0.1) is 17.9 Å². The van der Waals surface area contributed by atoms with Gasteiger partial charge in [0.05, 0.1) is 38.9 Å². The number of imide groups is 1. The standard InChI is InChI=1S/C33H53N5O14P2/c1-10-12-19-44-53(42,47-22-17-35-9)48-24-26-25(52-54(43,45-20-13-11-2)46-21-14-16-34)23-28(49-26)37-18-15-27(36-29(37)39)38(30(40)50-32(3,4)5)31(41)51-33(6,7)8/h15,18,25-26,28H,10-14,17,19-24H2,1-8H3/t25-,26+,28+,53?,54?/m0/s1. The van der Waals surface area contributed by atoms with Crippen LogP contribution >= 0.6 is 15.6 Å². The van der Waals surface area contributed by atoms with Gasteiger partial charge in [-0.1, -0.05) is 26.7 Å². The Morgan fingerprint density at radius 3 is 2.04 bits per heavy atom. The van der Waals surface area contributed by atoms with Crippen molar-refractivity contribution in [3.63, 3.8) is 0 Å². The quantitative estimate of drug-likeness (QED) is 0.0675. The highest BCUT2D eigenvalue weighted by Gasteiger charge is 2.45. The number of nitriles is 1. The van der Waals surface area contributed by atoms with Crippen molar-refractivity contribution >= 4 is 33.6 Å². The highest BCUT2D eigenvalue weighted by atomic mass is 31.2. The molecule has 1 saturated heterocycles. The van der Waals surface area contributed by atoms with E-state index in [-0.39, 0.29) is 45.8 Å². The summed E-state index contributed by atoms with van der Waals surface area (Å²) in [7, 11) is -8.59. The fraction of sp³-hybridized carbons (Fsp3) is 0.758. The normalized spacial score (nSPS) is 19.6. The van der Waals surface area contributed by atoms with Crippen LogP contribution in [0.4, 0.5) is 15.4 Å². The van der Waals surface area contributed by atoms with Crippen molar-refractivity contribution < 1.29 is 60.1 Å². The molecule has 0 aromatic carbocycles. The Labute approximate surface area is 316 Å². The van der Waals surface area contributed by atoms with Crippen LogP contribution in [0.2, 0.25) is 0 Å². The second kappa shape index (κ2) is 21.8. The van der Waals surface area contributed by atoms with Gasteiger partial charge < -0.3 is 19.1 Å². The third-order valence-corrected chi connectivity index (χ3v) is 9.75. The van der Waals surface area contributed by atoms with Gasteiger partial charge in [0.1, 0.15) is 36.2 Å². The number of carbonyl (C=O) groups excluding carboxylic acids is 2. The first-order valence-electron chi connectivity index (χ1n) is 17.6. The van der Waals surface area contributed by atoms with Crippen LogP contribution < -0.4 is 10.6 Å². The lowest BCUT2D eigenvalue weighted by Crippen LogP contribution is -2.45. The van der Waals surface area contributed by atoms with Gasteiger partial charge in [-0.25, -0.2) is 30.1 Å². The highest BCUT2D eigenvalue weighted by Crippen LogP contribution is 2.54. The van der Waals surface area contributed by atoms with E-state index >= 15 is 0 Å². The minimum absolute atomic E-state index is 0.00447. The maximum atomic E-state index is 13.8. The molecule has 0 N–H and O–H groups in total. The average Bonchev–Trinajstić information content (AvgIpc) is 3.44. The molecule has 21 heteroatoms. The van der Waals surface area contributed by atoms with Gasteiger partial charge in [-0.2, -0.15) is 15.1 Å². The van der Waals surface area contributed by atoms with Gasteiger partial charge in [0.15, 0.2) is 5.82 Å². The van der Waals surface area contributed by atoms with Crippen molar-refractivity contribution in [1.82, 2.24) is 9.55 Å². The topological polar surface area (TPSA) is 218 Å². The van der Waals surface area contributed by atoms with E-state index in [9.17, 15) is 23.5 Å². The Balaban J connectivity index is 2.51. The number of phosphoric ester groups is 2. The first kappa shape index (κ1) is 46.9. The molecule has 5 atom stereocenters. The lowest BCUT2D eigenvalue weighted by molar-refractivity contribution is -0.0496. The molecule has 1 aliphatic heterocycles. The summed E-state index contributed by atoms with van der Waals surface area (Å²) in [4.78, 5) is 47.4. The van der Waals surface area contributed by atoms with Gasteiger partial charge in [-0.3, -0.25) is 31.7 Å². The number of rotatable bonds is 21. The van der Waals surface area contributed by atoms with Crippen molar-refractivity contribution in [1.29, 1.82) is 5.26 Å². The zero-order chi connectivity index (χ0) is 40.6. The van der Waals surface area contributed by atoms with Gasteiger partial charge >= 0.3 is 33.5 Å². The lowest BCUT2D eigenvalue weighted by atomic mass is 10.2. The fourth-order valence-corrected chi connectivity index (χ4v) is 6.97. The molecule has 54 heavy (non-hydrogen) atoms. The summed E-state index contributed by atoms with van der Waals surface area (Å²) < 4.78 is 78.4. The summed E-state index contributed by atoms with van der Waals surface area (Å²) in [6.07, 6.45) is -2.44. The Morgan fingerprint density at radius 2 is 1.52 bits per heavy atom. The summed E-state index contributed by atoms with van der Waals surface area (Å²) in [5.41, 5.74) is -3.00. The molecular weight excluding hydrogens is 752 g/mol. The van der Waals surface area contributed by atoms with Gasteiger partial charge in [0, 0.05) is 12.6 Å². The van der Waals surface area contributed by atoms with E-state index in [0.717, 1.165) is 11.0 Å². The van der Waals surface area contributed by atoms with E-state index in [1.807, 2.05) is 19.9 Å². The number of carbonyl (C=O) groups is 2. The predicted octanol–water partition coefficient (Wildman–Crippen LogP) is 7.32. The molecule has 1 fully saturated rings. The number of hydrogen-bond donors (Lipinski definition) is 0. The van der Waals surface area contributed by atoms with E-state index in [1.165, 1.54) is 12.3 Å². The largest absolute Gasteiger partial charge is 0.475 e. The van der Waals surface area contributed by atoms with E-state index in [2.05, 4.69) is 9.83 Å². The summed E-state index contributed by atoms with van der Waals surface area (Å²) in [6.45, 7) is 19.3. The van der Waals surface area contributed by atoms with Crippen LogP contribution in [0.5, 0.6) is 0 Å². The van der Waals surface area contributed by atoms with Crippen molar-refractivity contribution in [2.75, 3.05) is 44.5 Å². The van der Waals surface area contributed by atoms with Gasteiger partial charge in [-0.15, -0.1) is 0 Å². The molecule has 2 rings (SSSR count). The predicted molar refractivity (Wildman–Crippen MR) is 193 cm³/mol. The first-order chi connectivity index (χ1) is 25.3. The number of hydrogen-bond acceptors (Lipinski definition) is 16. The zero-order valence-corrected chi connectivity index (χ0v) is 34.0. The molecule has 19 nitrogen and oxygen atoms in total. The maximum absolute atomic E-state index is 13.8. The molecule has 2 heterocycles. The minimum Gasteiger partial charge on any atom is -0.443 e. The van der Waals surface area contributed by atoms with Crippen LogP contribution in [-0.4, -0.2) is 84.7 Å². The van der Waals surface area contributed by atoms with Crippen molar-refractivity contribution in [2.24, 2.45) is 0 Å². The van der Waals surface area contributed by atoms with Gasteiger partial charge in [0.25, 0.3) is 0 Å². The molecule has 304 valence electrons. The van der Waals surface area contributed by atoms with Crippen molar-refractivity contribution in [3.05, 3.63) is 34.2 Å². The number of ether oxygens (including phenoxy) is 3. The van der Waals surface area contributed by atoms with Crippen molar-refractivity contribution in [2.45, 2.75) is 124 Å². The Bertz CT molecular complexity index is 1590. The average molecular weight is 806 g/mol. The smallest absolute Gasteiger partial charge is 0.443 e. The van der Waals surface area contributed by atoms with Crippen LogP contribution in [0.3, 0.4) is 0 Å². The highest BCUT2D eigenvalue weighted by molar-refractivity contribution is 7.48. The second-order valence-corrected chi connectivity index (χ2v) is 17.1. The molecule has 2 amide bonds. The molecule has 1 aliphatic rings. The molecule has 2 unspecified atom stereocenters. The first-order valence-corrected chi connectivity index (χ1v) is 20.5. The summed E-state index contributed by atoms with van der Waals surface area (Å²) in [6, 6.07) is 3.08. The van der Waals surface area contributed by atoms with Crippen LogP contribution in [0.1, 0.15) is 100 Å².